The van der Waals surface area contributed by atoms with E-state index >= 15 is 0 Å². The summed E-state index contributed by atoms with van der Waals surface area (Å²) in [4.78, 5) is 56.3. The number of rotatable bonds is 13. The third-order valence-corrected chi connectivity index (χ3v) is 15.7. The van der Waals surface area contributed by atoms with Gasteiger partial charge in [0.25, 0.3) is 20.2 Å². The fourth-order valence-electron chi connectivity index (χ4n) is 9.91. The third-order valence-electron chi connectivity index (χ3n) is 14.0. The van der Waals surface area contributed by atoms with Crippen LogP contribution < -0.4 is 22.0 Å². The number of amides is 2. The Morgan fingerprint density at radius 2 is 0.889 bits per heavy atom. The van der Waals surface area contributed by atoms with Gasteiger partial charge in [-0.05, 0) is 116 Å². The van der Waals surface area contributed by atoms with Crippen molar-refractivity contribution in [3.8, 4) is 0 Å². The lowest BCUT2D eigenvalue weighted by Crippen LogP contribution is -2.49. The number of carbonyl (C=O) groups is 2. The molecule has 0 spiro atoms. The van der Waals surface area contributed by atoms with Crippen LogP contribution >= 0.6 is 0 Å². The number of carbonyl (C=O) groups excluding carboxylic acids is 2. The number of nitrogens with zero attached hydrogens (tertiary/aromatic N) is 6. The Morgan fingerprint density at radius 1 is 0.583 bits per heavy atom. The van der Waals surface area contributed by atoms with Gasteiger partial charge in [-0.1, -0.05) is 24.3 Å². The number of benzene rings is 2. The van der Waals surface area contributed by atoms with E-state index in [1.165, 1.54) is 9.13 Å². The van der Waals surface area contributed by atoms with Crippen LogP contribution in [-0.2, 0) is 29.7 Å². The van der Waals surface area contributed by atoms with E-state index in [0.717, 1.165) is 62.9 Å². The van der Waals surface area contributed by atoms with E-state index < -0.39 is 42.9 Å². The van der Waals surface area contributed by atoms with Crippen LogP contribution in [0.15, 0.2) is 58.1 Å². The van der Waals surface area contributed by atoms with Crippen LogP contribution in [0.25, 0.3) is 22.1 Å². The van der Waals surface area contributed by atoms with Crippen LogP contribution in [0.5, 0.6) is 0 Å². The van der Waals surface area contributed by atoms with Gasteiger partial charge in [0, 0.05) is 90.4 Å². The average Bonchev–Trinajstić information content (AvgIpc) is 3.80. The molecule has 0 atom stereocenters. The molecule has 6 N–H and O–H groups in total. The summed E-state index contributed by atoms with van der Waals surface area (Å²) in [7, 11) is -8.59. The molecule has 6 heterocycles. The number of aliphatic hydroxyl groups is 2. The lowest BCUT2D eigenvalue weighted by atomic mass is 9.91. The van der Waals surface area contributed by atoms with Gasteiger partial charge in [-0.25, -0.2) is 28.3 Å². The van der Waals surface area contributed by atoms with Crippen molar-refractivity contribution in [2.24, 2.45) is 11.8 Å². The zero-order valence-corrected chi connectivity index (χ0v) is 43.5. The number of hydrogen-bond donors (Lipinski definition) is 6. The van der Waals surface area contributed by atoms with Crippen molar-refractivity contribution in [1.82, 2.24) is 38.7 Å². The van der Waals surface area contributed by atoms with Gasteiger partial charge in [0.2, 0.25) is 0 Å². The van der Waals surface area contributed by atoms with E-state index in [2.05, 4.69) is 20.4 Å². The molecule has 22 nitrogen and oxygen atoms in total. The molecule has 4 saturated heterocycles. The number of likely N-dealkylation sites (tertiary alicyclic amines) is 2. The van der Waals surface area contributed by atoms with E-state index in [4.69, 9.17) is 18.6 Å². The minimum Gasteiger partial charge on any atom is -0.388 e. The van der Waals surface area contributed by atoms with Gasteiger partial charge in [-0.3, -0.25) is 18.2 Å². The van der Waals surface area contributed by atoms with E-state index in [1.54, 1.807) is 9.13 Å². The Kier molecular flexibility index (Phi) is 19.5. The molecular formula is C48H74N8O14S2. The summed E-state index contributed by atoms with van der Waals surface area (Å²) in [5.41, 5.74) is 0.961. The SMILES string of the molecule is CC(C)n1c(=O)n(C(=O)NCC2CCN(CC3(O)CCOCC3)CC2)c2ccccc21.CC(C)n1c(=O)n(C(=O)NCC2CCN(CC3(O)CCOCC3)CC2)c2ccccc21.O=S(=O)(O)CCS(=O)(=O)O. The first-order valence-electron chi connectivity index (χ1n) is 24.9. The highest BCUT2D eigenvalue weighted by Gasteiger charge is 2.35. The molecule has 0 bridgehead atoms. The monoisotopic (exact) mass is 1050 g/mol. The fourth-order valence-corrected chi connectivity index (χ4v) is 11.6. The minimum atomic E-state index is -4.30. The number of imidazole rings is 2. The Morgan fingerprint density at radius 3 is 1.18 bits per heavy atom. The molecule has 0 unspecified atom stereocenters. The smallest absolute Gasteiger partial charge is 0.337 e. The Labute approximate surface area is 420 Å². The maximum absolute atomic E-state index is 12.9. The Bertz CT molecular complexity index is 2600. The number of aromatic nitrogens is 4. The highest BCUT2D eigenvalue weighted by molar-refractivity contribution is 7.89. The zero-order valence-electron chi connectivity index (χ0n) is 41.9. The second-order valence-corrected chi connectivity index (χ2v) is 23.3. The number of fused-ring (bicyclic) bond motifs is 2. The Hall–Kier alpha value is -4.50. The van der Waals surface area contributed by atoms with Gasteiger partial charge in [-0.2, -0.15) is 16.8 Å². The molecule has 4 fully saturated rings. The molecule has 2 amide bonds. The van der Waals surface area contributed by atoms with Crippen molar-refractivity contribution in [3.05, 3.63) is 69.5 Å². The average molecular weight is 1050 g/mol. The van der Waals surface area contributed by atoms with Crippen molar-refractivity contribution in [2.45, 2.75) is 102 Å². The number of hydrogen-bond acceptors (Lipinski definition) is 14. The molecule has 0 saturated carbocycles. The first-order chi connectivity index (χ1) is 34.0. The largest absolute Gasteiger partial charge is 0.388 e. The minimum absolute atomic E-state index is 0.0266. The van der Waals surface area contributed by atoms with E-state index in [0.29, 0.717) is 101 Å². The summed E-state index contributed by atoms with van der Waals surface area (Å²) in [6.07, 6.45) is 6.66. The van der Waals surface area contributed by atoms with E-state index in [9.17, 15) is 46.2 Å². The van der Waals surface area contributed by atoms with Gasteiger partial charge in [0.05, 0.1) is 44.8 Å². The molecular weight excluding hydrogens is 977 g/mol. The van der Waals surface area contributed by atoms with Crippen LogP contribution in [0.2, 0.25) is 0 Å². The van der Waals surface area contributed by atoms with Crippen LogP contribution in [0, 0.1) is 11.8 Å². The number of β-amino-alcohol motifs (C(OH)–C–C–N with tert-alkyl or cyclic N) is 2. The van der Waals surface area contributed by atoms with Crippen LogP contribution in [0.3, 0.4) is 0 Å². The third kappa shape index (κ3) is 15.5. The highest BCUT2D eigenvalue weighted by Crippen LogP contribution is 2.27. The molecule has 4 aromatic rings. The molecule has 0 radical (unpaired) electrons. The number of piperidine rings is 2. The maximum Gasteiger partial charge on any atom is 0.337 e. The number of nitrogens with one attached hydrogen (secondary N) is 2. The first-order valence-corrected chi connectivity index (χ1v) is 28.1. The van der Waals surface area contributed by atoms with Crippen molar-refractivity contribution in [1.29, 1.82) is 0 Å². The summed E-state index contributed by atoms with van der Waals surface area (Å²) in [6, 6.07) is 14.1. The predicted octanol–water partition coefficient (Wildman–Crippen LogP) is 3.15. The van der Waals surface area contributed by atoms with Crippen molar-refractivity contribution in [3.63, 3.8) is 0 Å². The van der Waals surface area contributed by atoms with Crippen LogP contribution in [-0.4, -0.2) is 178 Å². The fraction of sp³-hybridized carbons (Fsp3) is 0.667. The molecule has 2 aromatic carbocycles. The standard InChI is InChI=1S/2C23H34N4O4.C2H6O6S2/c2*1-17(2)26-19-5-3-4-6-20(19)27(22(26)29)21(28)24-15-18-7-11-25(12-8-18)16-23(30)9-13-31-14-10-23;3-9(4,5)1-2-10(6,7)8/h2*3-6,17-18,30H,7-16H2,1-2H3,(H,24,28);1-2H2,(H,3,4,5)(H,6,7,8). The van der Waals surface area contributed by atoms with Crippen molar-refractivity contribution in [2.75, 3.05) is 90.3 Å². The molecule has 24 heteroatoms. The normalized spacial score (nSPS) is 19.4. The Balaban J connectivity index is 0.000000198. The second kappa shape index (κ2) is 24.7. The molecule has 8 rings (SSSR count). The molecule has 4 aliphatic heterocycles. The molecule has 0 aliphatic carbocycles. The summed E-state index contributed by atoms with van der Waals surface area (Å²) < 4.78 is 72.0. The van der Waals surface area contributed by atoms with Gasteiger partial charge in [0.15, 0.2) is 0 Å². The van der Waals surface area contributed by atoms with Crippen molar-refractivity contribution >= 4 is 54.4 Å². The number of para-hydroxylation sites is 4. The molecule has 72 heavy (non-hydrogen) atoms. The van der Waals surface area contributed by atoms with Gasteiger partial charge < -0.3 is 40.1 Å². The zero-order chi connectivity index (χ0) is 52.4. The maximum atomic E-state index is 12.9. The second-order valence-electron chi connectivity index (χ2n) is 20.2. The van der Waals surface area contributed by atoms with Crippen molar-refractivity contribution < 1.29 is 55.2 Å². The molecule has 2 aromatic heterocycles. The predicted molar refractivity (Wildman–Crippen MR) is 272 cm³/mol. The quantitative estimate of drug-likeness (QED) is 0.105. The van der Waals surface area contributed by atoms with Crippen LogP contribution in [0.1, 0.15) is 91.1 Å². The lowest BCUT2D eigenvalue weighted by molar-refractivity contribution is -0.0833. The van der Waals surface area contributed by atoms with Gasteiger partial charge in [-0.15, -0.1) is 0 Å². The molecule has 402 valence electrons. The summed E-state index contributed by atoms with van der Waals surface area (Å²) in [5.74, 6) is -1.21. The molecule has 4 aliphatic rings. The highest BCUT2D eigenvalue weighted by atomic mass is 32.2. The van der Waals surface area contributed by atoms with Gasteiger partial charge in [0.1, 0.15) is 0 Å². The first kappa shape index (κ1) is 56.8. The van der Waals surface area contributed by atoms with Crippen LogP contribution in [0.4, 0.5) is 9.59 Å². The summed E-state index contributed by atoms with van der Waals surface area (Å²) in [5, 5.41) is 27.4. The van der Waals surface area contributed by atoms with E-state index in [-0.39, 0.29) is 35.5 Å². The van der Waals surface area contributed by atoms with Gasteiger partial charge >= 0.3 is 23.4 Å². The summed E-state index contributed by atoms with van der Waals surface area (Å²) >= 11 is 0. The summed E-state index contributed by atoms with van der Waals surface area (Å²) in [6.45, 7) is 16.5. The lowest BCUT2D eigenvalue weighted by Gasteiger charge is -2.39. The van der Waals surface area contributed by atoms with E-state index in [1.807, 2.05) is 76.2 Å². The number of ether oxygens (including phenoxy) is 2. The topological polar surface area (TPSA) is 286 Å².